The van der Waals surface area contributed by atoms with Gasteiger partial charge in [0.1, 0.15) is 0 Å². The fourth-order valence-corrected chi connectivity index (χ4v) is 5.40. The van der Waals surface area contributed by atoms with Crippen molar-refractivity contribution >= 4 is 5.97 Å². The van der Waals surface area contributed by atoms with Crippen LogP contribution < -0.4 is 0 Å². The van der Waals surface area contributed by atoms with Crippen molar-refractivity contribution in [2.75, 3.05) is 0 Å². The molecule has 1 atom stereocenters. The van der Waals surface area contributed by atoms with Gasteiger partial charge in [0.25, 0.3) is 0 Å². The highest BCUT2D eigenvalue weighted by molar-refractivity contribution is 5.74. The Balaban J connectivity index is 3.57. The molecule has 0 aromatic carbocycles. The largest absolute Gasteiger partial charge is 0.481 e. The summed E-state index contributed by atoms with van der Waals surface area (Å²) in [6.45, 7) is 6.56. The van der Waals surface area contributed by atoms with Crippen molar-refractivity contribution in [2.45, 2.75) is 201 Å². The second-order valence-electron chi connectivity index (χ2n) is 11.9. The van der Waals surface area contributed by atoms with E-state index in [1.165, 1.54) is 154 Å². The minimum atomic E-state index is -0.574. The predicted octanol–water partition coefficient (Wildman–Crippen LogP) is 12.0. The van der Waals surface area contributed by atoms with Crippen molar-refractivity contribution in [3.8, 4) is 0 Å². The van der Waals surface area contributed by atoms with Crippen molar-refractivity contribution in [1.29, 1.82) is 0 Å². The van der Waals surface area contributed by atoms with Gasteiger partial charge in [-0.15, -0.1) is 0 Å². The van der Waals surface area contributed by atoms with Gasteiger partial charge in [0.15, 0.2) is 0 Å². The molecule has 0 aromatic heterocycles. The Morgan fingerprint density at radius 3 is 0.829 bits per heavy atom. The summed E-state index contributed by atoms with van der Waals surface area (Å²) < 4.78 is 0. The lowest BCUT2D eigenvalue weighted by Gasteiger charge is -2.24. The van der Waals surface area contributed by atoms with Crippen molar-refractivity contribution in [3.63, 3.8) is 0 Å². The van der Waals surface area contributed by atoms with Crippen molar-refractivity contribution < 1.29 is 9.90 Å². The maximum atomic E-state index is 11.9. The Bertz CT molecular complexity index is 433. The van der Waals surface area contributed by atoms with Crippen LogP contribution >= 0.6 is 0 Å². The van der Waals surface area contributed by atoms with Gasteiger partial charge in [0.2, 0.25) is 0 Å². The molecule has 0 radical (unpaired) electrons. The van der Waals surface area contributed by atoms with Gasteiger partial charge in [0.05, 0.1) is 5.41 Å². The molecule has 1 N–H and O–H groups in total. The van der Waals surface area contributed by atoms with E-state index in [2.05, 4.69) is 13.8 Å². The van der Waals surface area contributed by atoms with Gasteiger partial charge in [-0.3, -0.25) is 4.79 Å². The van der Waals surface area contributed by atoms with E-state index in [9.17, 15) is 9.90 Å². The summed E-state index contributed by atoms with van der Waals surface area (Å²) in [5.41, 5.74) is -0.504. The lowest BCUT2D eigenvalue weighted by atomic mass is 9.80. The first-order chi connectivity index (χ1) is 17.1. The van der Waals surface area contributed by atoms with Gasteiger partial charge in [0, 0.05) is 0 Å². The molecule has 35 heavy (non-hydrogen) atoms. The van der Waals surface area contributed by atoms with Gasteiger partial charge >= 0.3 is 5.97 Å². The first-order valence-corrected chi connectivity index (χ1v) is 16.3. The smallest absolute Gasteiger partial charge is 0.309 e. The number of carboxylic acids is 1. The first kappa shape index (κ1) is 34.5. The highest BCUT2D eigenvalue weighted by Crippen LogP contribution is 2.32. The number of rotatable bonds is 29. The van der Waals surface area contributed by atoms with Crippen LogP contribution in [-0.4, -0.2) is 11.1 Å². The molecular weight excluding hydrogens is 428 g/mol. The molecule has 0 aliphatic rings. The monoisotopic (exact) mass is 495 g/mol. The third-order valence-corrected chi connectivity index (χ3v) is 8.18. The third kappa shape index (κ3) is 23.6. The van der Waals surface area contributed by atoms with Crippen LogP contribution in [0.15, 0.2) is 0 Å². The van der Waals surface area contributed by atoms with Gasteiger partial charge in [-0.1, -0.05) is 181 Å². The second kappa shape index (κ2) is 26.5. The summed E-state index contributed by atoms with van der Waals surface area (Å²) in [5.74, 6) is -0.574. The van der Waals surface area contributed by atoms with Crippen LogP contribution in [0.5, 0.6) is 0 Å². The first-order valence-electron chi connectivity index (χ1n) is 16.3. The molecule has 0 aliphatic carbocycles. The maximum absolute atomic E-state index is 11.9. The van der Waals surface area contributed by atoms with Crippen LogP contribution in [0.1, 0.15) is 201 Å². The molecule has 0 bridgehead atoms. The van der Waals surface area contributed by atoms with Gasteiger partial charge in [-0.2, -0.15) is 0 Å². The number of unbranched alkanes of at least 4 members (excludes halogenated alkanes) is 24. The van der Waals surface area contributed by atoms with E-state index in [4.69, 9.17) is 0 Å². The summed E-state index contributed by atoms with van der Waals surface area (Å²) in [6, 6.07) is 0. The normalized spacial score (nSPS) is 13.2. The molecule has 0 spiro atoms. The molecule has 2 nitrogen and oxygen atoms in total. The second-order valence-corrected chi connectivity index (χ2v) is 11.9. The molecular formula is C33H66O2. The van der Waals surface area contributed by atoms with Crippen LogP contribution in [-0.2, 0) is 4.79 Å². The lowest BCUT2D eigenvalue weighted by Crippen LogP contribution is -2.27. The molecule has 0 fully saturated rings. The summed E-state index contributed by atoms with van der Waals surface area (Å²) in [5, 5.41) is 9.81. The van der Waals surface area contributed by atoms with E-state index in [1.807, 2.05) is 6.92 Å². The zero-order valence-electron chi connectivity index (χ0n) is 24.7. The van der Waals surface area contributed by atoms with E-state index in [-0.39, 0.29) is 0 Å². The standard InChI is InChI=1S/C33H66O2/c1-4-6-8-10-12-14-16-18-19-21-23-25-27-29-31-33(3,32(34)35)30-28-26-24-22-20-17-15-13-11-9-7-5-2/h4-31H2,1-3H3,(H,34,35). The molecule has 2 heteroatoms. The van der Waals surface area contributed by atoms with E-state index < -0.39 is 11.4 Å². The molecule has 0 saturated carbocycles. The zero-order valence-corrected chi connectivity index (χ0v) is 24.7. The number of carboxylic acid groups (broad SMARTS) is 1. The minimum absolute atomic E-state index is 0.504. The minimum Gasteiger partial charge on any atom is -0.481 e. The Kier molecular flexibility index (Phi) is 26.1. The summed E-state index contributed by atoms with van der Waals surface area (Å²) in [4.78, 5) is 11.9. The Morgan fingerprint density at radius 1 is 0.429 bits per heavy atom. The van der Waals surface area contributed by atoms with Gasteiger partial charge < -0.3 is 5.11 Å². The Labute approximate surface area is 221 Å². The van der Waals surface area contributed by atoms with Gasteiger partial charge in [-0.25, -0.2) is 0 Å². The zero-order chi connectivity index (χ0) is 25.9. The number of carbonyl (C=O) groups is 1. The quantitative estimate of drug-likeness (QED) is 0.105. The predicted molar refractivity (Wildman–Crippen MR) is 156 cm³/mol. The number of hydrogen-bond donors (Lipinski definition) is 1. The van der Waals surface area contributed by atoms with E-state index in [0.29, 0.717) is 0 Å². The Morgan fingerprint density at radius 2 is 0.629 bits per heavy atom. The molecule has 0 rings (SSSR count). The molecule has 0 saturated heterocycles. The van der Waals surface area contributed by atoms with Crippen LogP contribution in [0.4, 0.5) is 0 Å². The molecule has 210 valence electrons. The van der Waals surface area contributed by atoms with Crippen molar-refractivity contribution in [2.24, 2.45) is 5.41 Å². The maximum Gasteiger partial charge on any atom is 0.309 e. The fourth-order valence-electron chi connectivity index (χ4n) is 5.40. The van der Waals surface area contributed by atoms with E-state index in [1.54, 1.807) is 0 Å². The highest BCUT2D eigenvalue weighted by Gasteiger charge is 2.31. The molecule has 1 unspecified atom stereocenters. The van der Waals surface area contributed by atoms with Crippen LogP contribution in [0.25, 0.3) is 0 Å². The lowest BCUT2D eigenvalue weighted by molar-refractivity contribution is -0.149. The van der Waals surface area contributed by atoms with Crippen molar-refractivity contribution in [3.05, 3.63) is 0 Å². The third-order valence-electron chi connectivity index (χ3n) is 8.18. The summed E-state index contributed by atoms with van der Waals surface area (Å²) in [6.07, 6.45) is 36.7. The number of hydrogen-bond acceptors (Lipinski definition) is 1. The molecule has 0 aliphatic heterocycles. The average Bonchev–Trinajstić information content (AvgIpc) is 2.84. The topological polar surface area (TPSA) is 37.3 Å². The van der Waals surface area contributed by atoms with Crippen molar-refractivity contribution in [1.82, 2.24) is 0 Å². The van der Waals surface area contributed by atoms with Gasteiger partial charge in [-0.05, 0) is 19.8 Å². The summed E-state index contributed by atoms with van der Waals surface area (Å²) in [7, 11) is 0. The SMILES string of the molecule is CCCCCCCCCCCCCCCCC(C)(CCCCCCCCCCCCCC)C(=O)O. The van der Waals surface area contributed by atoms with Crippen LogP contribution in [0, 0.1) is 5.41 Å². The molecule has 0 aromatic rings. The average molecular weight is 495 g/mol. The summed E-state index contributed by atoms with van der Waals surface area (Å²) >= 11 is 0. The highest BCUT2D eigenvalue weighted by atomic mass is 16.4. The molecule has 0 amide bonds. The van der Waals surface area contributed by atoms with Crippen LogP contribution in [0.3, 0.4) is 0 Å². The Hall–Kier alpha value is -0.530. The van der Waals surface area contributed by atoms with E-state index >= 15 is 0 Å². The fraction of sp³-hybridized carbons (Fsp3) is 0.970. The van der Waals surface area contributed by atoms with Crippen LogP contribution in [0.2, 0.25) is 0 Å². The number of aliphatic carboxylic acids is 1. The van der Waals surface area contributed by atoms with E-state index in [0.717, 1.165) is 25.7 Å². The molecule has 0 heterocycles.